The van der Waals surface area contributed by atoms with E-state index >= 15 is 4.39 Å². The molecule has 0 radical (unpaired) electrons. The molecular formula is C26H29F4N. The lowest BCUT2D eigenvalue weighted by Crippen LogP contribution is -2.13. The van der Waals surface area contributed by atoms with Crippen LogP contribution in [-0.4, -0.2) is 14.1 Å². The minimum Gasteiger partial charge on any atom is -0.377 e. The Balaban J connectivity index is 2.69. The highest BCUT2D eigenvalue weighted by Gasteiger charge is 2.22. The molecule has 0 amide bonds. The van der Waals surface area contributed by atoms with Crippen LogP contribution in [0.1, 0.15) is 49.8 Å². The second-order valence-electron chi connectivity index (χ2n) is 7.90. The Bertz CT molecular complexity index is 1020. The molecule has 0 bridgehead atoms. The number of hydrogen-bond acceptors (Lipinski definition) is 1. The summed E-state index contributed by atoms with van der Waals surface area (Å²) >= 11 is 0. The van der Waals surface area contributed by atoms with Gasteiger partial charge in [-0.15, -0.1) is 0 Å². The van der Waals surface area contributed by atoms with E-state index in [1.165, 1.54) is 12.1 Å². The van der Waals surface area contributed by atoms with Crippen LogP contribution in [0.2, 0.25) is 0 Å². The van der Waals surface area contributed by atoms with Gasteiger partial charge in [0.15, 0.2) is 17.5 Å². The van der Waals surface area contributed by atoms with Gasteiger partial charge in [0.1, 0.15) is 6.33 Å². The summed E-state index contributed by atoms with van der Waals surface area (Å²) in [5, 5.41) is 0. The first-order valence-corrected chi connectivity index (χ1v) is 10.2. The molecule has 1 nitrogen and oxygen atoms in total. The zero-order valence-corrected chi connectivity index (χ0v) is 18.8. The van der Waals surface area contributed by atoms with E-state index in [0.717, 1.165) is 36.6 Å². The van der Waals surface area contributed by atoms with Crippen LogP contribution >= 0.6 is 0 Å². The standard InChI is InChI=1S/C26H29F4N/c1-7-18-9-8-10-19(12-18)13-22(28)25(30)24(23(29)15-27)20-11-17(4)26(31(5)6)21(14-20)16(2)3/h10-15H,2,7-9H2,1,3-6H3/b22-13-,23-15-,25-24+. The van der Waals surface area contributed by atoms with E-state index in [1.54, 1.807) is 26.0 Å². The highest BCUT2D eigenvalue weighted by molar-refractivity contribution is 5.86. The van der Waals surface area contributed by atoms with Crippen LogP contribution in [0.3, 0.4) is 0 Å². The molecule has 0 heterocycles. The Labute approximate surface area is 182 Å². The fourth-order valence-electron chi connectivity index (χ4n) is 3.77. The smallest absolute Gasteiger partial charge is 0.169 e. The molecule has 2 rings (SSSR count). The van der Waals surface area contributed by atoms with Gasteiger partial charge in [0.2, 0.25) is 0 Å². The summed E-state index contributed by atoms with van der Waals surface area (Å²) in [4.78, 5) is 1.86. The molecule has 5 heteroatoms. The SMILES string of the molecule is C=C(C)c1cc(C(/C(F)=C/F)=C(F)/C(F)=C/C2=CCCC(CC)=C2)cc(C)c1N(C)C. The van der Waals surface area contributed by atoms with Crippen molar-refractivity contribution in [3.8, 4) is 0 Å². The zero-order chi connectivity index (χ0) is 23.3. The highest BCUT2D eigenvalue weighted by atomic mass is 19.2. The first-order valence-electron chi connectivity index (χ1n) is 10.2. The molecule has 0 aliphatic heterocycles. The normalized spacial score (nSPS) is 15.9. The molecule has 1 aromatic carbocycles. The van der Waals surface area contributed by atoms with E-state index in [4.69, 9.17) is 0 Å². The molecule has 0 saturated heterocycles. The van der Waals surface area contributed by atoms with Crippen LogP contribution in [0.25, 0.3) is 11.1 Å². The number of benzene rings is 1. The van der Waals surface area contributed by atoms with Crippen LogP contribution in [0.4, 0.5) is 23.2 Å². The van der Waals surface area contributed by atoms with Gasteiger partial charge < -0.3 is 4.90 Å². The van der Waals surface area contributed by atoms with Gasteiger partial charge >= 0.3 is 0 Å². The first-order chi connectivity index (χ1) is 14.6. The predicted molar refractivity (Wildman–Crippen MR) is 123 cm³/mol. The monoisotopic (exact) mass is 431 g/mol. The lowest BCUT2D eigenvalue weighted by Gasteiger charge is -2.22. The third-order valence-corrected chi connectivity index (χ3v) is 5.22. The number of anilines is 1. The quantitative estimate of drug-likeness (QED) is 0.309. The first kappa shape index (κ1) is 24.4. The maximum Gasteiger partial charge on any atom is 0.169 e. The second kappa shape index (κ2) is 10.5. The largest absolute Gasteiger partial charge is 0.377 e. The third kappa shape index (κ3) is 5.66. The predicted octanol–water partition coefficient (Wildman–Crippen LogP) is 8.47. The Kier molecular flexibility index (Phi) is 8.26. The van der Waals surface area contributed by atoms with Crippen molar-refractivity contribution in [1.29, 1.82) is 0 Å². The summed E-state index contributed by atoms with van der Waals surface area (Å²) in [5.74, 6) is -4.18. The van der Waals surface area contributed by atoms with Gasteiger partial charge in [-0.05, 0) is 73.6 Å². The fourth-order valence-corrected chi connectivity index (χ4v) is 3.77. The summed E-state index contributed by atoms with van der Waals surface area (Å²) in [5.41, 5.74) is 3.75. The van der Waals surface area contributed by atoms with Crippen molar-refractivity contribution in [3.63, 3.8) is 0 Å². The number of aryl methyl sites for hydroxylation is 1. The summed E-state index contributed by atoms with van der Waals surface area (Å²) in [6, 6.07) is 3.02. The van der Waals surface area contributed by atoms with Crippen molar-refractivity contribution in [2.45, 2.75) is 40.0 Å². The Morgan fingerprint density at radius 1 is 1.16 bits per heavy atom. The number of hydrogen-bond donors (Lipinski definition) is 0. The summed E-state index contributed by atoms with van der Waals surface area (Å²) < 4.78 is 57.6. The van der Waals surface area contributed by atoms with Gasteiger partial charge in [-0.2, -0.15) is 0 Å². The van der Waals surface area contributed by atoms with Crippen LogP contribution in [-0.2, 0) is 0 Å². The molecule has 0 fully saturated rings. The van der Waals surface area contributed by atoms with Gasteiger partial charge in [0.05, 0.1) is 5.57 Å². The van der Waals surface area contributed by atoms with Gasteiger partial charge in [-0.25, -0.2) is 17.6 Å². The van der Waals surface area contributed by atoms with E-state index in [9.17, 15) is 13.2 Å². The van der Waals surface area contributed by atoms with Gasteiger partial charge in [-0.1, -0.05) is 31.2 Å². The topological polar surface area (TPSA) is 3.24 Å². The number of allylic oxidation sites excluding steroid dienone is 10. The molecule has 1 aromatic rings. The second-order valence-corrected chi connectivity index (χ2v) is 7.90. The zero-order valence-electron chi connectivity index (χ0n) is 18.8. The summed E-state index contributed by atoms with van der Waals surface area (Å²) in [7, 11) is 3.68. The van der Waals surface area contributed by atoms with Gasteiger partial charge in [0, 0.05) is 25.3 Å². The van der Waals surface area contributed by atoms with Gasteiger partial charge in [-0.3, -0.25) is 0 Å². The lowest BCUT2D eigenvalue weighted by molar-refractivity contribution is 0.539. The maximum atomic E-state index is 15.1. The van der Waals surface area contributed by atoms with Crippen LogP contribution < -0.4 is 4.90 Å². The number of rotatable bonds is 7. The minimum atomic E-state index is -1.48. The fraction of sp³-hybridized carbons (Fsp3) is 0.308. The molecule has 0 atom stereocenters. The Morgan fingerprint density at radius 2 is 1.84 bits per heavy atom. The van der Waals surface area contributed by atoms with E-state index in [2.05, 4.69) is 6.58 Å². The molecule has 0 N–H and O–H groups in total. The summed E-state index contributed by atoms with van der Waals surface area (Å²) in [6.07, 6.45) is 6.68. The maximum absolute atomic E-state index is 15.1. The molecule has 31 heavy (non-hydrogen) atoms. The molecule has 0 spiro atoms. The van der Waals surface area contributed by atoms with Crippen molar-refractivity contribution in [2.75, 3.05) is 19.0 Å². The average Bonchev–Trinajstić information content (AvgIpc) is 2.72. The van der Waals surface area contributed by atoms with Crippen LogP contribution in [0.5, 0.6) is 0 Å². The molecule has 0 unspecified atom stereocenters. The van der Waals surface area contributed by atoms with Gasteiger partial charge in [0.25, 0.3) is 0 Å². The molecule has 166 valence electrons. The number of halogens is 4. The molecule has 1 aliphatic carbocycles. The number of nitrogens with zero attached hydrogens (tertiary/aromatic N) is 1. The van der Waals surface area contributed by atoms with Crippen molar-refractivity contribution in [3.05, 3.63) is 88.6 Å². The van der Waals surface area contributed by atoms with E-state index in [1.807, 2.05) is 25.9 Å². The van der Waals surface area contributed by atoms with Crippen LogP contribution in [0, 0.1) is 6.92 Å². The van der Waals surface area contributed by atoms with Crippen LogP contribution in [0.15, 0.2) is 71.9 Å². The molecular weight excluding hydrogens is 402 g/mol. The average molecular weight is 432 g/mol. The molecule has 0 aromatic heterocycles. The van der Waals surface area contributed by atoms with Crippen molar-refractivity contribution >= 4 is 16.8 Å². The summed E-state index contributed by atoms with van der Waals surface area (Å²) in [6.45, 7) is 9.46. The van der Waals surface area contributed by atoms with E-state index < -0.39 is 23.1 Å². The Morgan fingerprint density at radius 3 is 2.39 bits per heavy atom. The van der Waals surface area contributed by atoms with E-state index in [-0.39, 0.29) is 11.9 Å². The third-order valence-electron chi connectivity index (χ3n) is 5.22. The van der Waals surface area contributed by atoms with Crippen molar-refractivity contribution in [2.24, 2.45) is 0 Å². The van der Waals surface area contributed by atoms with Crippen molar-refractivity contribution < 1.29 is 17.6 Å². The minimum absolute atomic E-state index is 0.0379. The van der Waals surface area contributed by atoms with Crippen molar-refractivity contribution in [1.82, 2.24) is 0 Å². The molecule has 1 aliphatic rings. The lowest BCUT2D eigenvalue weighted by atomic mass is 9.93. The highest BCUT2D eigenvalue weighted by Crippen LogP contribution is 2.38. The van der Waals surface area contributed by atoms with E-state index in [0.29, 0.717) is 22.3 Å². The molecule has 0 saturated carbocycles. The Hall–Kier alpha value is -2.82.